The van der Waals surface area contributed by atoms with Crippen LogP contribution in [0.5, 0.6) is 0 Å². The highest BCUT2D eigenvalue weighted by Crippen LogP contribution is 2.17. The lowest BCUT2D eigenvalue weighted by molar-refractivity contribution is -0.131. The molecule has 6 nitrogen and oxygen atoms in total. The summed E-state index contributed by atoms with van der Waals surface area (Å²) in [6.07, 6.45) is 1.42. The number of nitrogens with one attached hydrogen (secondary N) is 1. The minimum Gasteiger partial charge on any atom is -0.338 e. The van der Waals surface area contributed by atoms with Gasteiger partial charge in [0.05, 0.1) is 12.5 Å². The van der Waals surface area contributed by atoms with Crippen molar-refractivity contribution in [2.75, 3.05) is 13.6 Å². The van der Waals surface area contributed by atoms with Crippen LogP contribution in [-0.4, -0.2) is 39.6 Å². The molecule has 0 radical (unpaired) electrons. The van der Waals surface area contributed by atoms with E-state index in [0.29, 0.717) is 12.4 Å². The van der Waals surface area contributed by atoms with E-state index in [1.54, 1.807) is 11.9 Å². The second-order valence-corrected chi connectivity index (χ2v) is 4.33. The number of aromatic nitrogens is 3. The molecule has 1 aromatic carbocycles. The molecule has 0 spiro atoms. The first-order valence-corrected chi connectivity index (χ1v) is 6.06. The van der Waals surface area contributed by atoms with Gasteiger partial charge >= 0.3 is 0 Å². The van der Waals surface area contributed by atoms with Crippen molar-refractivity contribution in [2.45, 2.75) is 12.5 Å². The van der Waals surface area contributed by atoms with E-state index >= 15 is 0 Å². The van der Waals surface area contributed by atoms with E-state index in [-0.39, 0.29) is 18.4 Å². The fourth-order valence-corrected chi connectivity index (χ4v) is 1.94. The Bertz CT molecular complexity index is 511. The number of benzene rings is 1. The van der Waals surface area contributed by atoms with Gasteiger partial charge in [-0.1, -0.05) is 30.3 Å². The molecule has 1 unspecified atom stereocenters. The van der Waals surface area contributed by atoms with Gasteiger partial charge in [0.1, 0.15) is 12.2 Å². The number of H-pyrrole nitrogens is 1. The standard InChI is InChI=1S/C13H17N5O/c1-18(8-12-15-9-16-17-12)13(19)11(7-14)10-5-3-2-4-6-10/h2-6,9,11H,7-8,14H2,1H3,(H,15,16,17). The summed E-state index contributed by atoms with van der Waals surface area (Å²) in [5, 5.41) is 6.49. The van der Waals surface area contributed by atoms with Crippen molar-refractivity contribution < 1.29 is 4.79 Å². The third-order valence-electron chi connectivity index (χ3n) is 2.96. The van der Waals surface area contributed by atoms with Crippen LogP contribution in [0.3, 0.4) is 0 Å². The molecule has 1 aromatic heterocycles. The van der Waals surface area contributed by atoms with Crippen LogP contribution in [0.15, 0.2) is 36.7 Å². The van der Waals surface area contributed by atoms with Gasteiger partial charge in [-0.15, -0.1) is 0 Å². The van der Waals surface area contributed by atoms with E-state index in [2.05, 4.69) is 15.2 Å². The van der Waals surface area contributed by atoms with Crippen molar-refractivity contribution in [2.24, 2.45) is 5.73 Å². The molecule has 1 amide bonds. The van der Waals surface area contributed by atoms with E-state index < -0.39 is 0 Å². The number of hydrogen-bond acceptors (Lipinski definition) is 4. The number of hydrogen-bond donors (Lipinski definition) is 2. The summed E-state index contributed by atoms with van der Waals surface area (Å²) in [6.45, 7) is 0.672. The fraction of sp³-hybridized carbons (Fsp3) is 0.308. The molecule has 2 aromatic rings. The summed E-state index contributed by atoms with van der Waals surface area (Å²) in [7, 11) is 1.73. The second kappa shape index (κ2) is 6.10. The third kappa shape index (κ3) is 3.17. The van der Waals surface area contributed by atoms with Crippen LogP contribution in [-0.2, 0) is 11.3 Å². The topological polar surface area (TPSA) is 87.9 Å². The van der Waals surface area contributed by atoms with Gasteiger partial charge in [0.15, 0.2) is 0 Å². The van der Waals surface area contributed by atoms with Gasteiger partial charge in [-0.05, 0) is 5.56 Å². The predicted octanol–water partition coefficient (Wildman–Crippen LogP) is 0.506. The Hall–Kier alpha value is -2.21. The molecule has 0 saturated carbocycles. The number of nitrogens with zero attached hydrogens (tertiary/aromatic N) is 3. The van der Waals surface area contributed by atoms with E-state index in [9.17, 15) is 4.79 Å². The summed E-state index contributed by atoms with van der Waals surface area (Å²) in [5.74, 6) is 0.305. The van der Waals surface area contributed by atoms with Crippen molar-refractivity contribution in [1.29, 1.82) is 0 Å². The predicted molar refractivity (Wildman–Crippen MR) is 71.1 cm³/mol. The third-order valence-corrected chi connectivity index (χ3v) is 2.96. The van der Waals surface area contributed by atoms with Gasteiger partial charge in [-0.2, -0.15) is 5.10 Å². The van der Waals surface area contributed by atoms with Gasteiger partial charge in [0, 0.05) is 13.6 Å². The SMILES string of the molecule is CN(Cc1ncn[nH]1)C(=O)C(CN)c1ccccc1. The zero-order chi connectivity index (χ0) is 13.7. The Labute approximate surface area is 111 Å². The molecular weight excluding hydrogens is 242 g/mol. The number of aromatic amines is 1. The highest BCUT2D eigenvalue weighted by Gasteiger charge is 2.22. The number of likely N-dealkylation sites (N-methyl/N-ethyl adjacent to an activating group) is 1. The molecule has 19 heavy (non-hydrogen) atoms. The van der Waals surface area contributed by atoms with E-state index in [4.69, 9.17) is 5.73 Å². The summed E-state index contributed by atoms with van der Waals surface area (Å²) in [5.41, 5.74) is 6.66. The van der Waals surface area contributed by atoms with E-state index in [1.807, 2.05) is 30.3 Å². The molecule has 1 heterocycles. The van der Waals surface area contributed by atoms with Crippen LogP contribution in [0.4, 0.5) is 0 Å². The maximum absolute atomic E-state index is 12.4. The molecule has 3 N–H and O–H groups in total. The lowest BCUT2D eigenvalue weighted by Gasteiger charge is -2.22. The lowest BCUT2D eigenvalue weighted by Crippen LogP contribution is -2.35. The van der Waals surface area contributed by atoms with E-state index in [1.165, 1.54) is 6.33 Å². The average Bonchev–Trinajstić information content (AvgIpc) is 2.93. The van der Waals surface area contributed by atoms with Crippen LogP contribution >= 0.6 is 0 Å². The summed E-state index contributed by atoms with van der Waals surface area (Å²) >= 11 is 0. The largest absolute Gasteiger partial charge is 0.338 e. The average molecular weight is 259 g/mol. The number of carbonyl (C=O) groups excluding carboxylic acids is 1. The highest BCUT2D eigenvalue weighted by molar-refractivity contribution is 5.83. The minimum atomic E-state index is -0.325. The highest BCUT2D eigenvalue weighted by atomic mass is 16.2. The van der Waals surface area contributed by atoms with Crippen molar-refractivity contribution >= 4 is 5.91 Å². The van der Waals surface area contributed by atoms with E-state index in [0.717, 1.165) is 5.56 Å². The van der Waals surface area contributed by atoms with Crippen LogP contribution < -0.4 is 5.73 Å². The molecule has 2 rings (SSSR count). The number of amides is 1. The molecule has 1 atom stereocenters. The molecular formula is C13H17N5O. The first kappa shape index (κ1) is 13.2. The maximum Gasteiger partial charge on any atom is 0.231 e. The minimum absolute atomic E-state index is 0.0231. The molecule has 0 aliphatic carbocycles. The molecule has 0 aliphatic heterocycles. The molecule has 100 valence electrons. The molecule has 0 saturated heterocycles. The molecule has 6 heteroatoms. The zero-order valence-electron chi connectivity index (χ0n) is 10.8. The van der Waals surface area contributed by atoms with Gasteiger partial charge < -0.3 is 10.6 Å². The molecule has 0 fully saturated rings. The number of carbonyl (C=O) groups is 1. The summed E-state index contributed by atoms with van der Waals surface area (Å²) < 4.78 is 0. The Morgan fingerprint density at radius 3 is 2.74 bits per heavy atom. The van der Waals surface area contributed by atoms with Gasteiger partial charge in [-0.25, -0.2) is 4.98 Å². The van der Waals surface area contributed by atoms with Crippen molar-refractivity contribution in [3.63, 3.8) is 0 Å². The number of nitrogens with two attached hydrogens (primary N) is 1. The molecule has 0 aliphatic rings. The Morgan fingerprint density at radius 1 is 1.42 bits per heavy atom. The first-order valence-electron chi connectivity index (χ1n) is 6.06. The number of rotatable bonds is 5. The van der Waals surface area contributed by atoms with Crippen LogP contribution in [0.2, 0.25) is 0 Å². The van der Waals surface area contributed by atoms with Crippen LogP contribution in [0, 0.1) is 0 Å². The monoisotopic (exact) mass is 259 g/mol. The van der Waals surface area contributed by atoms with Crippen molar-refractivity contribution in [1.82, 2.24) is 20.1 Å². The zero-order valence-corrected chi connectivity index (χ0v) is 10.8. The summed E-state index contributed by atoms with van der Waals surface area (Å²) in [6, 6.07) is 9.55. The summed E-state index contributed by atoms with van der Waals surface area (Å²) in [4.78, 5) is 18.0. The Kier molecular flexibility index (Phi) is 4.25. The molecule has 0 bridgehead atoms. The second-order valence-electron chi connectivity index (χ2n) is 4.33. The Balaban J connectivity index is 2.08. The van der Waals surface area contributed by atoms with Crippen molar-refractivity contribution in [3.05, 3.63) is 48.0 Å². The van der Waals surface area contributed by atoms with Gasteiger partial charge in [-0.3, -0.25) is 9.89 Å². The van der Waals surface area contributed by atoms with Crippen LogP contribution in [0.1, 0.15) is 17.3 Å². The lowest BCUT2D eigenvalue weighted by atomic mass is 9.98. The quantitative estimate of drug-likeness (QED) is 0.818. The van der Waals surface area contributed by atoms with Crippen molar-refractivity contribution in [3.8, 4) is 0 Å². The van der Waals surface area contributed by atoms with Gasteiger partial charge in [0.25, 0.3) is 0 Å². The van der Waals surface area contributed by atoms with Gasteiger partial charge in [0.2, 0.25) is 5.91 Å². The fourth-order valence-electron chi connectivity index (χ4n) is 1.94. The Morgan fingerprint density at radius 2 is 2.16 bits per heavy atom. The maximum atomic E-state index is 12.4. The van der Waals surface area contributed by atoms with Crippen LogP contribution in [0.25, 0.3) is 0 Å². The smallest absolute Gasteiger partial charge is 0.231 e. The first-order chi connectivity index (χ1) is 9.22. The normalized spacial score (nSPS) is 12.1.